The standard InChI is InChI=1S/C29H29F5N4O7/c1-28(2,3)45-27(41)37(12-10-22-24(38(42)43)7-8-25(36-22)44-4)11-9-16-13-17(30)5-6-21(16)35-23-15-19(29(32,33)34)20(31)14-18(23)26(39)40/h5-8,13-15,35H,9-12H2,1-4H3,(H,39,40). The van der Waals surface area contributed by atoms with Crippen molar-refractivity contribution in [2.75, 3.05) is 25.5 Å². The van der Waals surface area contributed by atoms with E-state index in [4.69, 9.17) is 9.47 Å². The van der Waals surface area contributed by atoms with Crippen molar-refractivity contribution >= 4 is 29.1 Å². The van der Waals surface area contributed by atoms with Gasteiger partial charge in [-0.2, -0.15) is 13.2 Å². The Morgan fingerprint density at radius 2 is 1.69 bits per heavy atom. The van der Waals surface area contributed by atoms with Crippen molar-refractivity contribution in [3.05, 3.63) is 86.6 Å². The molecule has 242 valence electrons. The summed E-state index contributed by atoms with van der Waals surface area (Å²) in [5, 5.41) is 23.5. The topological polar surface area (TPSA) is 144 Å². The Labute approximate surface area is 253 Å². The Bertz CT molecular complexity index is 1590. The van der Waals surface area contributed by atoms with Gasteiger partial charge < -0.3 is 24.8 Å². The van der Waals surface area contributed by atoms with Gasteiger partial charge in [0.15, 0.2) is 0 Å². The average molecular weight is 641 g/mol. The van der Waals surface area contributed by atoms with Crippen LogP contribution in [0.25, 0.3) is 0 Å². The molecule has 0 unspecified atom stereocenters. The van der Waals surface area contributed by atoms with Gasteiger partial charge in [0.25, 0.3) is 5.69 Å². The largest absolute Gasteiger partial charge is 0.481 e. The average Bonchev–Trinajstić information content (AvgIpc) is 2.92. The van der Waals surface area contributed by atoms with E-state index in [1.165, 1.54) is 24.1 Å². The monoisotopic (exact) mass is 640 g/mol. The highest BCUT2D eigenvalue weighted by Crippen LogP contribution is 2.36. The fourth-order valence-corrected chi connectivity index (χ4v) is 4.16. The normalized spacial score (nSPS) is 11.6. The molecule has 0 aliphatic carbocycles. The number of aromatic carboxylic acids is 1. The molecule has 0 bridgehead atoms. The summed E-state index contributed by atoms with van der Waals surface area (Å²) in [4.78, 5) is 41.0. The lowest BCUT2D eigenvalue weighted by molar-refractivity contribution is -0.386. The zero-order chi connectivity index (χ0) is 33.7. The molecule has 3 rings (SSSR count). The number of rotatable bonds is 11. The smallest absolute Gasteiger partial charge is 0.419 e. The Morgan fingerprint density at radius 1 is 1.02 bits per heavy atom. The van der Waals surface area contributed by atoms with E-state index < -0.39 is 57.2 Å². The van der Waals surface area contributed by atoms with Gasteiger partial charge in [-0.1, -0.05) is 0 Å². The first kappa shape index (κ1) is 34.5. The third-order valence-corrected chi connectivity index (χ3v) is 6.23. The van der Waals surface area contributed by atoms with Crippen molar-refractivity contribution < 1.29 is 51.0 Å². The van der Waals surface area contributed by atoms with Crippen LogP contribution in [0.2, 0.25) is 0 Å². The fraction of sp³-hybridized carbons (Fsp3) is 0.345. The van der Waals surface area contributed by atoms with E-state index in [0.29, 0.717) is 6.07 Å². The van der Waals surface area contributed by atoms with Crippen LogP contribution >= 0.6 is 0 Å². The minimum absolute atomic E-state index is 0.0130. The van der Waals surface area contributed by atoms with Crippen LogP contribution in [-0.2, 0) is 23.8 Å². The number of nitro groups is 1. The zero-order valence-electron chi connectivity index (χ0n) is 24.5. The van der Waals surface area contributed by atoms with Crippen molar-refractivity contribution in [1.29, 1.82) is 0 Å². The van der Waals surface area contributed by atoms with Crippen LogP contribution in [0.15, 0.2) is 42.5 Å². The van der Waals surface area contributed by atoms with Crippen LogP contribution < -0.4 is 10.1 Å². The molecule has 0 aliphatic rings. The van der Waals surface area contributed by atoms with Crippen molar-refractivity contribution in [3.63, 3.8) is 0 Å². The summed E-state index contributed by atoms with van der Waals surface area (Å²) >= 11 is 0. The first-order chi connectivity index (χ1) is 20.9. The van der Waals surface area contributed by atoms with Crippen LogP contribution in [0.4, 0.5) is 43.8 Å². The molecule has 16 heteroatoms. The predicted molar refractivity (Wildman–Crippen MR) is 151 cm³/mol. The van der Waals surface area contributed by atoms with Crippen LogP contribution in [0.3, 0.4) is 0 Å². The SMILES string of the molecule is COc1ccc([N+](=O)[O-])c(CCN(CCc2cc(F)ccc2Nc2cc(C(F)(F)F)c(F)cc2C(=O)O)C(=O)OC(C)(C)C)n1. The molecule has 0 aliphatic heterocycles. The first-order valence-electron chi connectivity index (χ1n) is 13.2. The van der Waals surface area contributed by atoms with Gasteiger partial charge in [-0.15, -0.1) is 0 Å². The second-order valence-electron chi connectivity index (χ2n) is 10.7. The van der Waals surface area contributed by atoms with Crippen LogP contribution in [0.1, 0.15) is 48.0 Å². The summed E-state index contributed by atoms with van der Waals surface area (Å²) in [5.74, 6) is -4.15. The Morgan fingerprint density at radius 3 is 2.27 bits per heavy atom. The molecular weight excluding hydrogens is 611 g/mol. The van der Waals surface area contributed by atoms with Gasteiger partial charge in [0.1, 0.15) is 22.9 Å². The summed E-state index contributed by atoms with van der Waals surface area (Å²) < 4.78 is 79.1. The fourth-order valence-electron chi connectivity index (χ4n) is 4.16. The number of halogens is 5. The molecule has 3 aromatic rings. The third kappa shape index (κ3) is 9.23. The van der Waals surface area contributed by atoms with Crippen molar-refractivity contribution in [2.45, 2.75) is 45.4 Å². The number of methoxy groups -OCH3 is 1. The molecule has 0 radical (unpaired) electrons. The summed E-state index contributed by atoms with van der Waals surface area (Å²) in [7, 11) is 1.32. The summed E-state index contributed by atoms with van der Waals surface area (Å²) in [6.45, 7) is 4.52. The number of nitrogens with zero attached hydrogens (tertiary/aromatic N) is 3. The molecule has 2 aromatic carbocycles. The number of carboxylic acid groups (broad SMARTS) is 1. The van der Waals surface area contributed by atoms with E-state index in [-0.39, 0.29) is 60.5 Å². The quantitative estimate of drug-likeness (QED) is 0.132. The number of hydrogen-bond acceptors (Lipinski definition) is 8. The maximum atomic E-state index is 14.3. The van der Waals surface area contributed by atoms with Gasteiger partial charge in [-0.3, -0.25) is 10.1 Å². The molecule has 11 nitrogen and oxygen atoms in total. The number of amides is 1. The van der Waals surface area contributed by atoms with Gasteiger partial charge in [-0.05, 0) is 63.1 Å². The van der Waals surface area contributed by atoms with Crippen molar-refractivity contribution in [1.82, 2.24) is 9.88 Å². The molecule has 1 amide bonds. The van der Waals surface area contributed by atoms with Gasteiger partial charge >= 0.3 is 18.2 Å². The van der Waals surface area contributed by atoms with Crippen LogP contribution in [0, 0.1) is 21.7 Å². The number of pyridine rings is 1. The molecule has 0 spiro atoms. The molecule has 1 aromatic heterocycles. The highest BCUT2D eigenvalue weighted by atomic mass is 19.4. The third-order valence-electron chi connectivity index (χ3n) is 6.23. The lowest BCUT2D eigenvalue weighted by atomic mass is 10.0. The maximum absolute atomic E-state index is 14.3. The van der Waals surface area contributed by atoms with Crippen molar-refractivity contribution in [3.8, 4) is 5.88 Å². The number of hydrogen-bond donors (Lipinski definition) is 2. The van der Waals surface area contributed by atoms with Crippen LogP contribution in [0.5, 0.6) is 5.88 Å². The van der Waals surface area contributed by atoms with Gasteiger partial charge in [-0.25, -0.2) is 23.4 Å². The number of carboxylic acids is 1. The highest BCUT2D eigenvalue weighted by molar-refractivity contribution is 5.95. The molecule has 1 heterocycles. The zero-order valence-corrected chi connectivity index (χ0v) is 24.5. The second kappa shape index (κ2) is 13.7. The van der Waals surface area contributed by atoms with E-state index in [9.17, 15) is 46.8 Å². The number of ether oxygens (including phenoxy) is 2. The maximum Gasteiger partial charge on any atom is 0.419 e. The number of anilines is 2. The minimum Gasteiger partial charge on any atom is -0.481 e. The second-order valence-corrected chi connectivity index (χ2v) is 10.7. The Hall–Kier alpha value is -5.02. The number of nitrogens with one attached hydrogen (secondary N) is 1. The molecule has 2 N–H and O–H groups in total. The Kier molecular flexibility index (Phi) is 10.5. The molecule has 0 fully saturated rings. The lowest BCUT2D eigenvalue weighted by Crippen LogP contribution is -2.39. The predicted octanol–water partition coefficient (Wildman–Crippen LogP) is 6.76. The molecule has 0 saturated heterocycles. The lowest BCUT2D eigenvalue weighted by Gasteiger charge is -2.28. The summed E-state index contributed by atoms with van der Waals surface area (Å²) in [6.07, 6.45) is -6.20. The van der Waals surface area contributed by atoms with Crippen molar-refractivity contribution in [2.24, 2.45) is 0 Å². The number of carbonyl (C=O) groups is 2. The van der Waals surface area contributed by atoms with E-state index >= 15 is 0 Å². The molecule has 45 heavy (non-hydrogen) atoms. The summed E-state index contributed by atoms with van der Waals surface area (Å²) in [5.41, 5.74) is -4.27. The minimum atomic E-state index is -5.14. The van der Waals surface area contributed by atoms with E-state index in [1.807, 2.05) is 0 Å². The van der Waals surface area contributed by atoms with Gasteiger partial charge in [0, 0.05) is 37.3 Å². The molecule has 0 saturated carbocycles. The number of alkyl halides is 3. The van der Waals surface area contributed by atoms with Gasteiger partial charge in [0.2, 0.25) is 5.88 Å². The van der Waals surface area contributed by atoms with Gasteiger partial charge in [0.05, 0.1) is 28.8 Å². The number of benzene rings is 2. The molecular formula is C29H29F5N4O7. The number of aromatic nitrogens is 1. The number of carbonyl (C=O) groups excluding carboxylic acids is 1. The molecule has 0 atom stereocenters. The highest BCUT2D eigenvalue weighted by Gasteiger charge is 2.36. The van der Waals surface area contributed by atoms with Crippen LogP contribution in [-0.4, -0.2) is 57.8 Å². The van der Waals surface area contributed by atoms with E-state index in [1.54, 1.807) is 20.8 Å². The summed E-state index contributed by atoms with van der Waals surface area (Å²) in [6, 6.07) is 6.18. The van der Waals surface area contributed by atoms with E-state index in [0.717, 1.165) is 18.2 Å². The Balaban J connectivity index is 1.95. The van der Waals surface area contributed by atoms with E-state index in [2.05, 4.69) is 10.3 Å². The first-order valence-corrected chi connectivity index (χ1v) is 13.2.